The van der Waals surface area contributed by atoms with Crippen LogP contribution in [-0.2, 0) is 10.2 Å². The van der Waals surface area contributed by atoms with Crippen LogP contribution in [0.2, 0.25) is 0 Å². The number of pyridine rings is 1. The largest absolute Gasteiger partial charge is 0.357 e. The summed E-state index contributed by atoms with van der Waals surface area (Å²) in [6, 6.07) is 4.11. The first-order valence-corrected chi connectivity index (χ1v) is 7.49. The second-order valence-corrected chi connectivity index (χ2v) is 6.00. The van der Waals surface area contributed by atoms with Gasteiger partial charge in [-0.05, 0) is 31.4 Å². The average Bonchev–Trinajstić information content (AvgIpc) is 2.82. The van der Waals surface area contributed by atoms with Crippen LogP contribution in [0.5, 0.6) is 0 Å². The number of anilines is 2. The normalized spacial score (nSPS) is 19.1. The molecule has 0 radical (unpaired) electrons. The fourth-order valence-electron chi connectivity index (χ4n) is 3.39. The van der Waals surface area contributed by atoms with Gasteiger partial charge in [0, 0.05) is 31.0 Å². The first-order chi connectivity index (χ1) is 10.7. The molecule has 6 nitrogen and oxygen atoms in total. The SMILES string of the molecule is Cc1ccc(N2CCC3(CC2)C(=O)Nc2ncncc23)nc1. The van der Waals surface area contributed by atoms with Gasteiger partial charge in [0.1, 0.15) is 18.0 Å². The fourth-order valence-corrected chi connectivity index (χ4v) is 3.39. The first kappa shape index (κ1) is 13.2. The van der Waals surface area contributed by atoms with Crippen LogP contribution in [0.3, 0.4) is 0 Å². The lowest BCUT2D eigenvalue weighted by Gasteiger charge is -2.38. The fraction of sp³-hybridized carbons (Fsp3) is 0.375. The van der Waals surface area contributed by atoms with E-state index >= 15 is 0 Å². The molecule has 0 unspecified atom stereocenters. The zero-order valence-electron chi connectivity index (χ0n) is 12.4. The van der Waals surface area contributed by atoms with Gasteiger partial charge in [-0.25, -0.2) is 15.0 Å². The Kier molecular flexibility index (Phi) is 2.85. The van der Waals surface area contributed by atoms with Crippen molar-refractivity contribution in [2.24, 2.45) is 0 Å². The highest BCUT2D eigenvalue weighted by atomic mass is 16.2. The summed E-state index contributed by atoms with van der Waals surface area (Å²) in [4.78, 5) is 27.5. The van der Waals surface area contributed by atoms with Crippen LogP contribution in [0.4, 0.5) is 11.6 Å². The molecule has 0 aromatic carbocycles. The lowest BCUT2D eigenvalue weighted by molar-refractivity contribution is -0.121. The molecule has 0 saturated carbocycles. The van der Waals surface area contributed by atoms with E-state index in [0.717, 1.165) is 42.9 Å². The summed E-state index contributed by atoms with van der Waals surface area (Å²) in [6.45, 7) is 3.64. The second kappa shape index (κ2) is 4.76. The molecule has 1 fully saturated rings. The molecule has 4 heterocycles. The van der Waals surface area contributed by atoms with Crippen molar-refractivity contribution >= 4 is 17.5 Å². The Labute approximate surface area is 128 Å². The van der Waals surface area contributed by atoms with E-state index in [-0.39, 0.29) is 5.91 Å². The third-order valence-electron chi connectivity index (χ3n) is 4.73. The lowest BCUT2D eigenvalue weighted by atomic mass is 9.74. The minimum absolute atomic E-state index is 0.0551. The number of rotatable bonds is 1. The van der Waals surface area contributed by atoms with Gasteiger partial charge in [-0.3, -0.25) is 4.79 Å². The molecule has 0 aliphatic carbocycles. The predicted octanol–water partition coefficient (Wildman–Crippen LogP) is 1.67. The highest BCUT2D eigenvalue weighted by Crippen LogP contribution is 2.43. The molecule has 22 heavy (non-hydrogen) atoms. The Morgan fingerprint density at radius 2 is 2.00 bits per heavy atom. The number of piperidine rings is 1. The summed E-state index contributed by atoms with van der Waals surface area (Å²) < 4.78 is 0. The number of aryl methyl sites for hydroxylation is 1. The Bertz CT molecular complexity index is 720. The van der Waals surface area contributed by atoms with Gasteiger partial charge >= 0.3 is 0 Å². The van der Waals surface area contributed by atoms with Gasteiger partial charge in [0.05, 0.1) is 5.41 Å². The molecule has 0 bridgehead atoms. The van der Waals surface area contributed by atoms with Crippen molar-refractivity contribution in [3.8, 4) is 0 Å². The van der Waals surface area contributed by atoms with Crippen molar-refractivity contribution in [1.82, 2.24) is 15.0 Å². The number of amides is 1. The monoisotopic (exact) mass is 295 g/mol. The Morgan fingerprint density at radius 3 is 2.73 bits per heavy atom. The molecule has 2 aliphatic rings. The van der Waals surface area contributed by atoms with E-state index in [1.807, 2.05) is 19.2 Å². The van der Waals surface area contributed by atoms with Crippen LogP contribution >= 0.6 is 0 Å². The van der Waals surface area contributed by atoms with Gasteiger partial charge in [0.25, 0.3) is 0 Å². The Morgan fingerprint density at radius 1 is 1.18 bits per heavy atom. The van der Waals surface area contributed by atoms with E-state index in [9.17, 15) is 4.79 Å². The summed E-state index contributed by atoms with van der Waals surface area (Å²) in [6.07, 6.45) is 6.65. The van der Waals surface area contributed by atoms with E-state index in [0.29, 0.717) is 5.82 Å². The quantitative estimate of drug-likeness (QED) is 0.866. The van der Waals surface area contributed by atoms with Gasteiger partial charge in [0.15, 0.2) is 0 Å². The van der Waals surface area contributed by atoms with Crippen molar-refractivity contribution in [1.29, 1.82) is 0 Å². The first-order valence-electron chi connectivity index (χ1n) is 7.49. The van der Waals surface area contributed by atoms with Crippen molar-refractivity contribution < 1.29 is 4.79 Å². The predicted molar refractivity (Wildman–Crippen MR) is 82.8 cm³/mol. The molecule has 1 spiro atoms. The maximum absolute atomic E-state index is 12.5. The van der Waals surface area contributed by atoms with E-state index in [1.165, 1.54) is 6.33 Å². The molecule has 6 heteroatoms. The maximum atomic E-state index is 12.5. The zero-order valence-corrected chi connectivity index (χ0v) is 12.4. The lowest BCUT2D eigenvalue weighted by Crippen LogP contribution is -2.46. The molecule has 2 aromatic rings. The summed E-state index contributed by atoms with van der Waals surface area (Å²) >= 11 is 0. The van der Waals surface area contributed by atoms with Crippen molar-refractivity contribution in [2.45, 2.75) is 25.2 Å². The number of fused-ring (bicyclic) bond motifs is 2. The third-order valence-corrected chi connectivity index (χ3v) is 4.73. The van der Waals surface area contributed by atoms with Crippen LogP contribution in [0, 0.1) is 6.92 Å². The van der Waals surface area contributed by atoms with Gasteiger partial charge in [-0.2, -0.15) is 0 Å². The van der Waals surface area contributed by atoms with E-state index in [4.69, 9.17) is 0 Å². The van der Waals surface area contributed by atoms with Crippen LogP contribution in [0.1, 0.15) is 24.0 Å². The Balaban J connectivity index is 1.59. The van der Waals surface area contributed by atoms with Crippen molar-refractivity contribution in [2.75, 3.05) is 23.3 Å². The summed E-state index contributed by atoms with van der Waals surface area (Å²) in [5, 5.41) is 2.90. The van der Waals surface area contributed by atoms with Crippen molar-refractivity contribution in [3.63, 3.8) is 0 Å². The molecular weight excluding hydrogens is 278 g/mol. The highest BCUT2D eigenvalue weighted by molar-refractivity contribution is 6.05. The third kappa shape index (κ3) is 1.87. The van der Waals surface area contributed by atoms with Gasteiger partial charge in [-0.15, -0.1) is 0 Å². The highest BCUT2D eigenvalue weighted by Gasteiger charge is 2.49. The smallest absolute Gasteiger partial charge is 0.236 e. The minimum Gasteiger partial charge on any atom is -0.357 e. The topological polar surface area (TPSA) is 71.0 Å². The molecular formula is C16H17N5O. The van der Waals surface area contributed by atoms with E-state index in [2.05, 4.69) is 31.2 Å². The number of nitrogens with one attached hydrogen (secondary N) is 1. The van der Waals surface area contributed by atoms with Crippen LogP contribution in [0.25, 0.3) is 0 Å². The standard InChI is InChI=1S/C16H17N5O/c1-11-2-3-13(18-8-11)21-6-4-16(5-7-21)12-9-17-10-19-14(12)20-15(16)22/h2-3,8-10H,4-7H2,1H3,(H,17,19,20,22). The number of hydrogen-bond donors (Lipinski definition) is 1. The molecule has 2 aromatic heterocycles. The molecule has 2 aliphatic heterocycles. The molecule has 1 amide bonds. The zero-order chi connectivity index (χ0) is 15.2. The molecule has 1 saturated heterocycles. The number of nitrogens with zero attached hydrogens (tertiary/aromatic N) is 4. The molecule has 1 N–H and O–H groups in total. The number of hydrogen-bond acceptors (Lipinski definition) is 5. The summed E-state index contributed by atoms with van der Waals surface area (Å²) in [7, 11) is 0. The maximum Gasteiger partial charge on any atom is 0.236 e. The number of aromatic nitrogens is 3. The van der Waals surface area contributed by atoms with Gasteiger partial charge < -0.3 is 10.2 Å². The average molecular weight is 295 g/mol. The van der Waals surface area contributed by atoms with Crippen LogP contribution < -0.4 is 10.2 Å². The molecule has 4 rings (SSSR count). The van der Waals surface area contributed by atoms with Crippen LogP contribution in [-0.4, -0.2) is 33.9 Å². The van der Waals surface area contributed by atoms with Crippen LogP contribution in [0.15, 0.2) is 30.9 Å². The molecule has 0 atom stereocenters. The number of carbonyl (C=O) groups excluding carboxylic acids is 1. The van der Waals surface area contributed by atoms with E-state index in [1.54, 1.807) is 6.20 Å². The van der Waals surface area contributed by atoms with Gasteiger partial charge in [0.2, 0.25) is 5.91 Å². The second-order valence-electron chi connectivity index (χ2n) is 6.00. The summed E-state index contributed by atoms with van der Waals surface area (Å²) in [5.41, 5.74) is 1.62. The summed E-state index contributed by atoms with van der Waals surface area (Å²) in [5.74, 6) is 1.70. The van der Waals surface area contributed by atoms with E-state index < -0.39 is 5.41 Å². The number of carbonyl (C=O) groups is 1. The molecule has 112 valence electrons. The minimum atomic E-state index is -0.474. The van der Waals surface area contributed by atoms with Gasteiger partial charge in [-0.1, -0.05) is 6.07 Å². The Hall–Kier alpha value is -2.50. The van der Waals surface area contributed by atoms with Crippen molar-refractivity contribution in [3.05, 3.63) is 42.0 Å².